The third-order valence-corrected chi connectivity index (χ3v) is 4.12. The summed E-state index contributed by atoms with van der Waals surface area (Å²) in [5.41, 5.74) is 1.74. The number of fused-ring (bicyclic) bond motifs is 1. The van der Waals surface area contributed by atoms with Gasteiger partial charge in [0, 0.05) is 19.0 Å². The lowest BCUT2D eigenvalue weighted by Crippen LogP contribution is -2.38. The van der Waals surface area contributed by atoms with Crippen molar-refractivity contribution in [3.63, 3.8) is 0 Å². The molecule has 1 aliphatic heterocycles. The van der Waals surface area contributed by atoms with Crippen LogP contribution in [0.3, 0.4) is 0 Å². The van der Waals surface area contributed by atoms with Gasteiger partial charge in [-0.2, -0.15) is 5.10 Å². The Kier molecular flexibility index (Phi) is 4.12. The highest BCUT2D eigenvalue weighted by atomic mass is 35.5. The van der Waals surface area contributed by atoms with Crippen LogP contribution in [0.1, 0.15) is 25.0 Å². The smallest absolute Gasteiger partial charge is 0.249 e. The Balaban J connectivity index is 1.75. The number of hydrogen-bond acceptors (Lipinski definition) is 3. The van der Waals surface area contributed by atoms with E-state index in [1.54, 1.807) is 4.68 Å². The maximum Gasteiger partial charge on any atom is 0.249 e. The second kappa shape index (κ2) is 6.03. The van der Waals surface area contributed by atoms with Gasteiger partial charge in [-0.25, -0.2) is 0 Å². The van der Waals surface area contributed by atoms with E-state index in [2.05, 4.69) is 10.4 Å². The molecule has 0 unspecified atom stereocenters. The van der Waals surface area contributed by atoms with Crippen molar-refractivity contribution in [2.45, 2.75) is 31.9 Å². The second-order valence-corrected chi connectivity index (χ2v) is 5.68. The van der Waals surface area contributed by atoms with Crippen molar-refractivity contribution in [1.29, 1.82) is 0 Å². The standard InChI is InChI=1S/C15H18ClN3O2/c1-19-12-6-4-5-10(16)14(12)11(18-19)9-17-15(20)13-7-2-3-8-21-13/h4-6,13H,2-3,7-9H2,1H3,(H,17,20)/t13-/m1/s1. The van der Waals surface area contributed by atoms with Crippen LogP contribution in [0.25, 0.3) is 10.9 Å². The first-order valence-corrected chi connectivity index (χ1v) is 7.54. The third kappa shape index (κ3) is 2.89. The molecule has 1 fully saturated rings. The zero-order chi connectivity index (χ0) is 14.8. The summed E-state index contributed by atoms with van der Waals surface area (Å²) in [5, 5.41) is 8.89. The average Bonchev–Trinajstić information content (AvgIpc) is 2.84. The molecule has 1 saturated heterocycles. The fraction of sp³-hybridized carbons (Fsp3) is 0.467. The zero-order valence-corrected chi connectivity index (χ0v) is 12.7. The molecule has 0 bridgehead atoms. The molecule has 0 aliphatic carbocycles. The summed E-state index contributed by atoms with van der Waals surface area (Å²) in [6.07, 6.45) is 2.53. The van der Waals surface area contributed by atoms with Gasteiger partial charge in [-0.05, 0) is 31.4 Å². The van der Waals surface area contributed by atoms with Crippen LogP contribution in [0.4, 0.5) is 0 Å². The molecule has 112 valence electrons. The molecule has 1 aromatic heterocycles. The van der Waals surface area contributed by atoms with Crippen molar-refractivity contribution in [2.24, 2.45) is 7.05 Å². The van der Waals surface area contributed by atoms with Crippen molar-refractivity contribution in [3.8, 4) is 0 Å². The van der Waals surface area contributed by atoms with Crippen LogP contribution in [0.2, 0.25) is 5.02 Å². The molecular formula is C15H18ClN3O2. The van der Waals surface area contributed by atoms with Crippen molar-refractivity contribution in [2.75, 3.05) is 6.61 Å². The van der Waals surface area contributed by atoms with Gasteiger partial charge in [0.15, 0.2) is 0 Å². The Morgan fingerprint density at radius 3 is 3.14 bits per heavy atom. The lowest BCUT2D eigenvalue weighted by Gasteiger charge is -2.21. The Hall–Kier alpha value is -1.59. The van der Waals surface area contributed by atoms with Gasteiger partial charge in [-0.15, -0.1) is 0 Å². The van der Waals surface area contributed by atoms with Crippen LogP contribution in [0.5, 0.6) is 0 Å². The van der Waals surface area contributed by atoms with E-state index >= 15 is 0 Å². The van der Waals surface area contributed by atoms with Gasteiger partial charge in [-0.1, -0.05) is 17.7 Å². The van der Waals surface area contributed by atoms with Gasteiger partial charge in [0.2, 0.25) is 5.91 Å². The number of amides is 1. The Morgan fingerprint density at radius 1 is 1.52 bits per heavy atom. The first-order chi connectivity index (χ1) is 10.2. The van der Waals surface area contributed by atoms with Gasteiger partial charge in [0.05, 0.1) is 22.8 Å². The van der Waals surface area contributed by atoms with Crippen LogP contribution < -0.4 is 5.32 Å². The van der Waals surface area contributed by atoms with E-state index in [-0.39, 0.29) is 12.0 Å². The van der Waals surface area contributed by atoms with Crippen molar-refractivity contribution < 1.29 is 9.53 Å². The highest BCUT2D eigenvalue weighted by Gasteiger charge is 2.22. The van der Waals surface area contributed by atoms with E-state index in [1.807, 2.05) is 25.2 Å². The molecule has 3 rings (SSSR count). The van der Waals surface area contributed by atoms with Crippen LogP contribution >= 0.6 is 11.6 Å². The second-order valence-electron chi connectivity index (χ2n) is 5.28. The molecule has 6 heteroatoms. The zero-order valence-electron chi connectivity index (χ0n) is 11.9. The SMILES string of the molecule is Cn1nc(CNC(=O)[C@H]2CCCCO2)c2c(Cl)cccc21. The number of carbonyl (C=O) groups excluding carboxylic acids is 1. The summed E-state index contributed by atoms with van der Waals surface area (Å²) < 4.78 is 7.26. The Morgan fingerprint density at radius 2 is 2.38 bits per heavy atom. The third-order valence-electron chi connectivity index (χ3n) is 3.80. The molecule has 1 aliphatic rings. The number of nitrogens with one attached hydrogen (secondary N) is 1. The molecule has 5 nitrogen and oxygen atoms in total. The molecule has 0 radical (unpaired) electrons. The van der Waals surface area contributed by atoms with Gasteiger partial charge >= 0.3 is 0 Å². The molecule has 1 aromatic carbocycles. The monoisotopic (exact) mass is 307 g/mol. The quantitative estimate of drug-likeness (QED) is 0.947. The summed E-state index contributed by atoms with van der Waals surface area (Å²) >= 11 is 6.25. The molecule has 2 aromatic rings. The predicted octanol–water partition coefficient (Wildman–Crippen LogP) is 2.41. The van der Waals surface area contributed by atoms with Gasteiger partial charge < -0.3 is 10.1 Å². The molecule has 1 atom stereocenters. The fourth-order valence-corrected chi connectivity index (χ4v) is 2.99. The fourth-order valence-electron chi connectivity index (χ4n) is 2.71. The lowest BCUT2D eigenvalue weighted by atomic mass is 10.1. The number of ether oxygens (including phenoxy) is 1. The van der Waals surface area contributed by atoms with E-state index in [0.29, 0.717) is 18.2 Å². The van der Waals surface area contributed by atoms with E-state index < -0.39 is 0 Å². The largest absolute Gasteiger partial charge is 0.368 e. The van der Waals surface area contributed by atoms with E-state index in [0.717, 1.165) is 35.9 Å². The highest BCUT2D eigenvalue weighted by molar-refractivity contribution is 6.35. The summed E-state index contributed by atoms with van der Waals surface area (Å²) in [6.45, 7) is 1.02. The van der Waals surface area contributed by atoms with E-state index in [1.165, 1.54) is 0 Å². The molecule has 1 amide bonds. The van der Waals surface area contributed by atoms with Gasteiger partial charge in [0.25, 0.3) is 0 Å². The maximum atomic E-state index is 12.1. The van der Waals surface area contributed by atoms with Crippen molar-refractivity contribution >= 4 is 28.4 Å². The average molecular weight is 308 g/mol. The molecule has 1 N–H and O–H groups in total. The number of hydrogen-bond donors (Lipinski definition) is 1. The number of aromatic nitrogens is 2. The topological polar surface area (TPSA) is 56.2 Å². The number of benzene rings is 1. The van der Waals surface area contributed by atoms with Crippen molar-refractivity contribution in [1.82, 2.24) is 15.1 Å². The van der Waals surface area contributed by atoms with Crippen LogP contribution in [-0.2, 0) is 23.1 Å². The summed E-state index contributed by atoms with van der Waals surface area (Å²) in [4.78, 5) is 12.1. The molecular weight excluding hydrogens is 290 g/mol. The first kappa shape index (κ1) is 14.4. The summed E-state index contributed by atoms with van der Waals surface area (Å²) in [7, 11) is 1.87. The minimum absolute atomic E-state index is 0.0689. The van der Waals surface area contributed by atoms with Gasteiger partial charge in [0.1, 0.15) is 6.10 Å². The summed E-state index contributed by atoms with van der Waals surface area (Å²) in [6, 6.07) is 5.69. The highest BCUT2D eigenvalue weighted by Crippen LogP contribution is 2.26. The minimum atomic E-state index is -0.329. The number of aryl methyl sites for hydroxylation is 1. The van der Waals surface area contributed by atoms with Gasteiger partial charge in [-0.3, -0.25) is 9.48 Å². The Labute approximate surface area is 128 Å². The van der Waals surface area contributed by atoms with Crippen LogP contribution in [0.15, 0.2) is 18.2 Å². The maximum absolute atomic E-state index is 12.1. The van der Waals surface area contributed by atoms with Crippen LogP contribution in [0, 0.1) is 0 Å². The van der Waals surface area contributed by atoms with E-state index in [9.17, 15) is 4.79 Å². The lowest BCUT2D eigenvalue weighted by molar-refractivity contribution is -0.135. The predicted molar refractivity (Wildman–Crippen MR) is 81.2 cm³/mol. The number of carbonyl (C=O) groups is 1. The number of halogens is 1. The number of nitrogens with zero attached hydrogens (tertiary/aromatic N) is 2. The minimum Gasteiger partial charge on any atom is -0.368 e. The normalized spacial score (nSPS) is 18.9. The summed E-state index contributed by atoms with van der Waals surface area (Å²) in [5.74, 6) is -0.0689. The molecule has 0 saturated carbocycles. The van der Waals surface area contributed by atoms with E-state index in [4.69, 9.17) is 16.3 Å². The van der Waals surface area contributed by atoms with Crippen LogP contribution in [-0.4, -0.2) is 28.4 Å². The number of rotatable bonds is 3. The molecule has 0 spiro atoms. The molecule has 2 heterocycles. The van der Waals surface area contributed by atoms with Crippen molar-refractivity contribution in [3.05, 3.63) is 28.9 Å². The molecule has 21 heavy (non-hydrogen) atoms. The first-order valence-electron chi connectivity index (χ1n) is 7.16. The Bertz CT molecular complexity index is 662.